The van der Waals surface area contributed by atoms with Crippen LogP contribution in [0.25, 0.3) is 0 Å². The summed E-state index contributed by atoms with van der Waals surface area (Å²) in [6.45, 7) is 3.99. The molecule has 20 heavy (non-hydrogen) atoms. The largest absolute Gasteiger partial charge is 0.339 e. The second kappa shape index (κ2) is 6.15. The van der Waals surface area contributed by atoms with Crippen molar-refractivity contribution in [3.05, 3.63) is 40.4 Å². The molecule has 0 aliphatic carbocycles. The monoisotopic (exact) mass is 339 g/mol. The first-order chi connectivity index (χ1) is 9.49. The zero-order chi connectivity index (χ0) is 14.7. The number of hydrogen-bond acceptors (Lipinski definition) is 5. The second-order valence-corrected chi connectivity index (χ2v) is 5.40. The summed E-state index contributed by atoms with van der Waals surface area (Å²) in [5, 5.41) is 3.11. The van der Waals surface area contributed by atoms with Crippen molar-refractivity contribution < 1.29 is 4.39 Å². The first-order valence-electron chi connectivity index (χ1n) is 6.07. The van der Waals surface area contributed by atoms with Crippen LogP contribution in [-0.2, 0) is 0 Å². The lowest BCUT2D eigenvalue weighted by Gasteiger charge is -2.12. The molecule has 1 aromatic carbocycles. The molecule has 4 N–H and O–H groups in total. The molecule has 5 nitrogen and oxygen atoms in total. The van der Waals surface area contributed by atoms with Crippen LogP contribution in [0, 0.1) is 5.82 Å². The molecule has 0 saturated heterocycles. The lowest BCUT2D eigenvalue weighted by molar-refractivity contribution is 0.627. The summed E-state index contributed by atoms with van der Waals surface area (Å²) >= 11 is 3.30. The average molecular weight is 340 g/mol. The minimum atomic E-state index is -0.308. The lowest BCUT2D eigenvalue weighted by Crippen LogP contribution is -2.12. The van der Waals surface area contributed by atoms with Crippen LogP contribution in [-0.4, -0.2) is 9.97 Å². The van der Waals surface area contributed by atoms with Gasteiger partial charge in [-0.15, -0.1) is 0 Å². The molecule has 7 heteroatoms. The highest BCUT2D eigenvalue weighted by Crippen LogP contribution is 2.27. The lowest BCUT2D eigenvalue weighted by atomic mass is 10.2. The number of halogens is 2. The van der Waals surface area contributed by atoms with Gasteiger partial charge < -0.3 is 10.7 Å². The van der Waals surface area contributed by atoms with Crippen LogP contribution in [0.1, 0.15) is 25.6 Å². The summed E-state index contributed by atoms with van der Waals surface area (Å²) in [5.41, 5.74) is 3.22. The molecule has 2 aromatic rings. The number of nitrogen functional groups attached to an aromatic ring is 1. The van der Waals surface area contributed by atoms with Crippen molar-refractivity contribution >= 4 is 33.3 Å². The Balaban J connectivity index is 2.34. The zero-order valence-corrected chi connectivity index (χ0v) is 12.7. The van der Waals surface area contributed by atoms with Crippen LogP contribution in [0.5, 0.6) is 0 Å². The van der Waals surface area contributed by atoms with Gasteiger partial charge in [-0.25, -0.2) is 20.2 Å². The molecule has 0 radical (unpaired) electrons. The maximum Gasteiger partial charge on any atom is 0.145 e. The third kappa shape index (κ3) is 3.43. The van der Waals surface area contributed by atoms with Crippen LogP contribution in [0.4, 0.5) is 21.7 Å². The Morgan fingerprint density at radius 1 is 1.20 bits per heavy atom. The summed E-state index contributed by atoms with van der Waals surface area (Å²) < 4.78 is 13.7. The molecule has 1 aromatic heterocycles. The molecule has 0 fully saturated rings. The van der Waals surface area contributed by atoms with Crippen molar-refractivity contribution in [3.8, 4) is 0 Å². The number of hydrogen-bond donors (Lipinski definition) is 3. The third-order valence-electron chi connectivity index (χ3n) is 2.60. The van der Waals surface area contributed by atoms with Gasteiger partial charge in [0.05, 0.1) is 5.69 Å². The Morgan fingerprint density at radius 3 is 2.50 bits per heavy atom. The smallest absolute Gasteiger partial charge is 0.145 e. The molecule has 0 saturated carbocycles. The van der Waals surface area contributed by atoms with E-state index in [1.165, 1.54) is 12.1 Å². The highest BCUT2D eigenvalue weighted by molar-refractivity contribution is 9.10. The Hall–Kier alpha value is -1.73. The number of nitrogens with one attached hydrogen (secondary N) is 2. The van der Waals surface area contributed by atoms with Crippen LogP contribution in [0.15, 0.2) is 28.7 Å². The number of hydrazine groups is 1. The van der Waals surface area contributed by atoms with E-state index in [9.17, 15) is 4.39 Å². The molecule has 0 spiro atoms. The molecule has 0 unspecified atom stereocenters. The molecule has 0 amide bonds. The van der Waals surface area contributed by atoms with Gasteiger partial charge in [0.2, 0.25) is 0 Å². The fourth-order valence-electron chi connectivity index (χ4n) is 1.59. The van der Waals surface area contributed by atoms with E-state index < -0.39 is 0 Å². The SMILES string of the molecule is CC(C)c1nc(NN)cc(Nc2ccc(F)cc2Br)n1. The summed E-state index contributed by atoms with van der Waals surface area (Å²) in [6, 6.07) is 6.07. The van der Waals surface area contributed by atoms with Gasteiger partial charge in [0.15, 0.2) is 0 Å². The Morgan fingerprint density at radius 2 is 1.90 bits per heavy atom. The van der Waals surface area contributed by atoms with Gasteiger partial charge >= 0.3 is 0 Å². The van der Waals surface area contributed by atoms with Crippen LogP contribution >= 0.6 is 15.9 Å². The fraction of sp³-hybridized carbons (Fsp3) is 0.231. The topological polar surface area (TPSA) is 75.9 Å². The first kappa shape index (κ1) is 14.7. The van der Waals surface area contributed by atoms with Crippen LogP contribution in [0.3, 0.4) is 0 Å². The van der Waals surface area contributed by atoms with E-state index in [2.05, 4.69) is 36.6 Å². The van der Waals surface area contributed by atoms with E-state index in [1.54, 1.807) is 12.1 Å². The zero-order valence-electron chi connectivity index (χ0n) is 11.1. The standard InChI is InChI=1S/C13H15BrFN5/c1-7(2)13-18-11(6-12(19-13)20-16)17-10-4-3-8(15)5-9(10)14/h3-7H,16H2,1-2H3,(H2,17,18,19,20). The van der Waals surface area contributed by atoms with Gasteiger partial charge in [-0.05, 0) is 34.1 Å². The van der Waals surface area contributed by atoms with Crippen molar-refractivity contribution in [2.45, 2.75) is 19.8 Å². The Kier molecular flexibility index (Phi) is 4.51. The van der Waals surface area contributed by atoms with Crippen molar-refractivity contribution in [2.24, 2.45) is 5.84 Å². The van der Waals surface area contributed by atoms with E-state index in [1.807, 2.05) is 13.8 Å². The summed E-state index contributed by atoms with van der Waals surface area (Å²) in [4.78, 5) is 8.68. The molecular formula is C13H15BrFN5. The number of aromatic nitrogens is 2. The van der Waals surface area contributed by atoms with Crippen LogP contribution < -0.4 is 16.6 Å². The highest BCUT2D eigenvalue weighted by atomic mass is 79.9. The molecule has 0 bridgehead atoms. The molecule has 0 atom stereocenters. The molecular weight excluding hydrogens is 325 g/mol. The highest BCUT2D eigenvalue weighted by Gasteiger charge is 2.09. The van der Waals surface area contributed by atoms with Gasteiger partial charge in [0, 0.05) is 16.5 Å². The fourth-order valence-corrected chi connectivity index (χ4v) is 2.04. The van der Waals surface area contributed by atoms with Crippen molar-refractivity contribution in [3.63, 3.8) is 0 Å². The van der Waals surface area contributed by atoms with E-state index in [0.717, 1.165) is 0 Å². The van der Waals surface area contributed by atoms with E-state index in [-0.39, 0.29) is 11.7 Å². The van der Waals surface area contributed by atoms with Crippen molar-refractivity contribution in [1.29, 1.82) is 0 Å². The first-order valence-corrected chi connectivity index (χ1v) is 6.86. The number of benzene rings is 1. The molecule has 0 aliphatic rings. The van der Waals surface area contributed by atoms with Gasteiger partial charge in [0.25, 0.3) is 0 Å². The van der Waals surface area contributed by atoms with Gasteiger partial charge in [-0.1, -0.05) is 13.8 Å². The molecule has 1 heterocycles. The number of anilines is 3. The van der Waals surface area contributed by atoms with Crippen LogP contribution in [0.2, 0.25) is 0 Å². The second-order valence-electron chi connectivity index (χ2n) is 4.54. The van der Waals surface area contributed by atoms with E-state index in [4.69, 9.17) is 5.84 Å². The van der Waals surface area contributed by atoms with E-state index in [0.29, 0.717) is 27.6 Å². The molecule has 106 valence electrons. The predicted octanol–water partition coefficient (Wildman–Crippen LogP) is 3.53. The van der Waals surface area contributed by atoms with Gasteiger partial charge in [-0.3, -0.25) is 0 Å². The molecule has 0 aliphatic heterocycles. The quantitative estimate of drug-likeness (QED) is 0.586. The summed E-state index contributed by atoms with van der Waals surface area (Å²) in [7, 11) is 0. The minimum Gasteiger partial charge on any atom is -0.339 e. The maximum absolute atomic E-state index is 13.1. The van der Waals surface area contributed by atoms with Gasteiger partial charge in [-0.2, -0.15) is 0 Å². The van der Waals surface area contributed by atoms with Crippen molar-refractivity contribution in [2.75, 3.05) is 10.7 Å². The number of rotatable bonds is 4. The normalized spacial score (nSPS) is 10.7. The van der Waals surface area contributed by atoms with Gasteiger partial charge in [0.1, 0.15) is 23.3 Å². The summed E-state index contributed by atoms with van der Waals surface area (Å²) in [5.74, 6) is 7.04. The predicted molar refractivity (Wildman–Crippen MR) is 81.3 cm³/mol. The number of nitrogens with zero attached hydrogens (tertiary/aromatic N) is 2. The van der Waals surface area contributed by atoms with E-state index >= 15 is 0 Å². The maximum atomic E-state index is 13.1. The Labute approximate surface area is 124 Å². The third-order valence-corrected chi connectivity index (χ3v) is 3.26. The average Bonchev–Trinajstić information content (AvgIpc) is 2.41. The molecule has 2 rings (SSSR count). The van der Waals surface area contributed by atoms with Crippen molar-refractivity contribution in [1.82, 2.24) is 9.97 Å². The summed E-state index contributed by atoms with van der Waals surface area (Å²) in [6.07, 6.45) is 0. The minimum absolute atomic E-state index is 0.167. The Bertz CT molecular complexity index is 618. The number of nitrogens with two attached hydrogens (primary N) is 1.